The number of nitrogens with zero attached hydrogens (tertiary/aromatic N) is 1. The first kappa shape index (κ1) is 16.0. The van der Waals surface area contributed by atoms with Gasteiger partial charge < -0.3 is 15.3 Å². The molecule has 108 valence electrons. The highest BCUT2D eigenvalue weighted by Gasteiger charge is 2.26. The SMILES string of the molecule is CC(=O)CSCC(=O)NCCN1CCCC(O)C1=O. The number of piperidine rings is 1. The van der Waals surface area contributed by atoms with E-state index in [9.17, 15) is 19.5 Å². The van der Waals surface area contributed by atoms with Gasteiger partial charge in [0.2, 0.25) is 5.91 Å². The van der Waals surface area contributed by atoms with Gasteiger partial charge in [0.1, 0.15) is 11.9 Å². The van der Waals surface area contributed by atoms with Gasteiger partial charge in [-0.15, -0.1) is 11.8 Å². The van der Waals surface area contributed by atoms with Crippen molar-refractivity contribution in [2.45, 2.75) is 25.9 Å². The first-order chi connectivity index (χ1) is 9.00. The second-order valence-electron chi connectivity index (χ2n) is 4.53. The van der Waals surface area contributed by atoms with E-state index in [0.29, 0.717) is 31.8 Å². The lowest BCUT2D eigenvalue weighted by Crippen LogP contribution is -2.47. The molecule has 1 fully saturated rings. The van der Waals surface area contributed by atoms with Crippen molar-refractivity contribution >= 4 is 29.4 Å². The lowest BCUT2D eigenvalue weighted by molar-refractivity contribution is -0.143. The quantitative estimate of drug-likeness (QED) is 0.654. The zero-order chi connectivity index (χ0) is 14.3. The van der Waals surface area contributed by atoms with Crippen molar-refractivity contribution in [2.75, 3.05) is 31.1 Å². The molecule has 0 aliphatic carbocycles. The Hall–Kier alpha value is -1.08. The van der Waals surface area contributed by atoms with Gasteiger partial charge in [-0.25, -0.2) is 0 Å². The van der Waals surface area contributed by atoms with Crippen molar-refractivity contribution in [3.8, 4) is 0 Å². The molecule has 6 nitrogen and oxygen atoms in total. The lowest BCUT2D eigenvalue weighted by atomic mass is 10.1. The smallest absolute Gasteiger partial charge is 0.251 e. The Morgan fingerprint density at radius 2 is 2.21 bits per heavy atom. The fourth-order valence-corrected chi connectivity index (χ4v) is 2.49. The number of nitrogens with one attached hydrogen (secondary N) is 1. The van der Waals surface area contributed by atoms with Crippen LogP contribution in [0, 0.1) is 0 Å². The van der Waals surface area contributed by atoms with Crippen LogP contribution in [0.5, 0.6) is 0 Å². The van der Waals surface area contributed by atoms with E-state index in [1.807, 2.05) is 0 Å². The molecule has 0 saturated carbocycles. The lowest BCUT2D eigenvalue weighted by Gasteiger charge is -2.29. The Morgan fingerprint density at radius 1 is 1.47 bits per heavy atom. The number of thioether (sulfide) groups is 1. The van der Waals surface area contributed by atoms with Crippen molar-refractivity contribution in [1.82, 2.24) is 10.2 Å². The van der Waals surface area contributed by atoms with Crippen molar-refractivity contribution in [1.29, 1.82) is 0 Å². The van der Waals surface area contributed by atoms with E-state index in [2.05, 4.69) is 5.32 Å². The predicted molar refractivity (Wildman–Crippen MR) is 72.8 cm³/mol. The summed E-state index contributed by atoms with van der Waals surface area (Å²) >= 11 is 1.27. The maximum absolute atomic E-state index is 11.6. The number of Topliss-reactive ketones (excluding diaryl/α,β-unsaturated/α-hetero) is 1. The molecule has 0 radical (unpaired) electrons. The van der Waals surface area contributed by atoms with Crippen LogP contribution in [0.25, 0.3) is 0 Å². The molecule has 0 aromatic rings. The number of hydrogen-bond donors (Lipinski definition) is 2. The van der Waals surface area contributed by atoms with Crippen molar-refractivity contribution < 1.29 is 19.5 Å². The number of rotatable bonds is 7. The minimum Gasteiger partial charge on any atom is -0.383 e. The van der Waals surface area contributed by atoms with Gasteiger partial charge in [-0.05, 0) is 19.8 Å². The van der Waals surface area contributed by atoms with Gasteiger partial charge in [0.25, 0.3) is 5.91 Å². The molecule has 1 unspecified atom stereocenters. The molecule has 1 atom stereocenters. The van der Waals surface area contributed by atoms with Crippen molar-refractivity contribution in [3.63, 3.8) is 0 Å². The summed E-state index contributed by atoms with van der Waals surface area (Å²) in [6.45, 7) is 2.90. The summed E-state index contributed by atoms with van der Waals surface area (Å²) in [5, 5.41) is 12.1. The van der Waals surface area contributed by atoms with Crippen LogP contribution in [0.1, 0.15) is 19.8 Å². The maximum atomic E-state index is 11.6. The third-order valence-electron chi connectivity index (χ3n) is 2.74. The standard InChI is InChI=1S/C12H20N2O4S/c1-9(15)7-19-8-11(17)13-4-6-14-5-2-3-10(16)12(14)18/h10,16H,2-8H2,1H3,(H,13,17). The van der Waals surface area contributed by atoms with E-state index in [1.165, 1.54) is 18.7 Å². The number of hydrogen-bond acceptors (Lipinski definition) is 5. The number of amides is 2. The van der Waals surface area contributed by atoms with Gasteiger partial charge in [0, 0.05) is 19.6 Å². The number of ketones is 1. The molecular formula is C12H20N2O4S. The molecule has 2 amide bonds. The first-order valence-electron chi connectivity index (χ1n) is 6.31. The monoisotopic (exact) mass is 288 g/mol. The molecule has 19 heavy (non-hydrogen) atoms. The molecule has 0 aromatic carbocycles. The average Bonchev–Trinajstić information content (AvgIpc) is 2.34. The molecular weight excluding hydrogens is 268 g/mol. The molecule has 1 rings (SSSR count). The van der Waals surface area contributed by atoms with Crippen LogP contribution in [-0.2, 0) is 14.4 Å². The van der Waals surface area contributed by atoms with Gasteiger partial charge in [-0.2, -0.15) is 0 Å². The Labute approximate surface area is 116 Å². The topological polar surface area (TPSA) is 86.7 Å². The Balaban J connectivity index is 2.14. The molecule has 0 spiro atoms. The summed E-state index contributed by atoms with van der Waals surface area (Å²) in [7, 11) is 0. The highest BCUT2D eigenvalue weighted by Crippen LogP contribution is 2.10. The normalized spacial score (nSPS) is 19.4. The molecule has 1 saturated heterocycles. The minimum absolute atomic E-state index is 0.0469. The first-order valence-corrected chi connectivity index (χ1v) is 7.47. The summed E-state index contributed by atoms with van der Waals surface area (Å²) in [5.41, 5.74) is 0. The van der Waals surface area contributed by atoms with Crippen molar-refractivity contribution in [3.05, 3.63) is 0 Å². The van der Waals surface area contributed by atoms with Crippen LogP contribution in [-0.4, -0.2) is 64.8 Å². The molecule has 1 aliphatic rings. The number of aliphatic hydroxyl groups is 1. The number of aliphatic hydroxyl groups excluding tert-OH is 1. The Kier molecular flexibility index (Phi) is 6.86. The third kappa shape index (κ3) is 6.07. The fraction of sp³-hybridized carbons (Fsp3) is 0.750. The van der Waals surface area contributed by atoms with Gasteiger partial charge in [-0.1, -0.05) is 0 Å². The van der Waals surface area contributed by atoms with Gasteiger partial charge in [0.05, 0.1) is 11.5 Å². The zero-order valence-electron chi connectivity index (χ0n) is 11.1. The minimum atomic E-state index is -0.893. The second-order valence-corrected chi connectivity index (χ2v) is 5.51. The van der Waals surface area contributed by atoms with E-state index in [0.717, 1.165) is 6.42 Å². The van der Waals surface area contributed by atoms with E-state index in [4.69, 9.17) is 0 Å². The summed E-state index contributed by atoms with van der Waals surface area (Å²) < 4.78 is 0. The Morgan fingerprint density at radius 3 is 2.89 bits per heavy atom. The molecule has 1 aliphatic heterocycles. The number of carbonyl (C=O) groups is 3. The van der Waals surface area contributed by atoms with Crippen LogP contribution in [0.3, 0.4) is 0 Å². The average molecular weight is 288 g/mol. The maximum Gasteiger partial charge on any atom is 0.251 e. The second kappa shape index (κ2) is 8.16. The van der Waals surface area contributed by atoms with Gasteiger partial charge in [0.15, 0.2) is 0 Å². The molecule has 0 aromatic heterocycles. The number of carbonyl (C=O) groups excluding carboxylic acids is 3. The van der Waals surface area contributed by atoms with Gasteiger partial charge >= 0.3 is 0 Å². The highest BCUT2D eigenvalue weighted by atomic mass is 32.2. The molecule has 2 N–H and O–H groups in total. The Bertz CT molecular complexity index is 349. The predicted octanol–water partition coefficient (Wildman–Crippen LogP) is -0.592. The largest absolute Gasteiger partial charge is 0.383 e. The fourth-order valence-electron chi connectivity index (χ4n) is 1.81. The van der Waals surface area contributed by atoms with Crippen LogP contribution >= 0.6 is 11.8 Å². The van der Waals surface area contributed by atoms with Crippen LogP contribution in [0.15, 0.2) is 0 Å². The van der Waals surface area contributed by atoms with E-state index in [1.54, 1.807) is 4.90 Å². The summed E-state index contributed by atoms with van der Waals surface area (Å²) in [6.07, 6.45) is 0.411. The van der Waals surface area contributed by atoms with E-state index in [-0.39, 0.29) is 23.4 Å². The zero-order valence-corrected chi connectivity index (χ0v) is 11.9. The molecule has 7 heteroatoms. The third-order valence-corrected chi connectivity index (χ3v) is 3.82. The van der Waals surface area contributed by atoms with E-state index < -0.39 is 6.10 Å². The van der Waals surface area contributed by atoms with E-state index >= 15 is 0 Å². The molecule has 1 heterocycles. The molecule has 0 bridgehead atoms. The number of likely N-dealkylation sites (tertiary alicyclic amines) is 1. The summed E-state index contributed by atoms with van der Waals surface area (Å²) in [4.78, 5) is 35.2. The van der Waals surface area contributed by atoms with Gasteiger partial charge in [-0.3, -0.25) is 14.4 Å². The highest BCUT2D eigenvalue weighted by molar-refractivity contribution is 8.00. The summed E-state index contributed by atoms with van der Waals surface area (Å²) in [6, 6.07) is 0. The van der Waals surface area contributed by atoms with Crippen LogP contribution in [0.4, 0.5) is 0 Å². The summed E-state index contributed by atoms with van der Waals surface area (Å²) in [5.74, 6) is 0.230. The van der Waals surface area contributed by atoms with Crippen LogP contribution in [0.2, 0.25) is 0 Å². The van der Waals surface area contributed by atoms with Crippen LogP contribution < -0.4 is 5.32 Å². The van der Waals surface area contributed by atoms with Crippen molar-refractivity contribution in [2.24, 2.45) is 0 Å².